The van der Waals surface area contributed by atoms with E-state index in [0.717, 1.165) is 6.54 Å². The molecule has 2 heteroatoms. The number of nitrogens with two attached hydrogens (primary N) is 1. The maximum Gasteiger partial charge on any atom is 0.166 e. The molecule has 0 aliphatic carbocycles. The molecule has 0 aromatic carbocycles. The lowest BCUT2D eigenvalue weighted by molar-refractivity contribution is -0.510. The third kappa shape index (κ3) is 1.45. The predicted octanol–water partition coefficient (Wildman–Crippen LogP) is 0.378. The molecule has 0 saturated heterocycles. The van der Waals surface area contributed by atoms with Crippen LogP contribution in [0.5, 0.6) is 0 Å². The van der Waals surface area contributed by atoms with Gasteiger partial charge in [-0.3, -0.25) is 0 Å². The predicted molar refractivity (Wildman–Crippen MR) is 43.5 cm³/mol. The summed E-state index contributed by atoms with van der Waals surface area (Å²) in [7, 11) is 0. The molecule has 1 heterocycles. The molecule has 0 spiro atoms. The minimum absolute atomic E-state index is 0.716. The van der Waals surface area contributed by atoms with Crippen molar-refractivity contribution in [2.24, 2.45) is 5.73 Å². The van der Waals surface area contributed by atoms with E-state index < -0.39 is 0 Å². The van der Waals surface area contributed by atoms with Crippen molar-refractivity contribution in [2.45, 2.75) is 12.8 Å². The van der Waals surface area contributed by atoms with Crippen molar-refractivity contribution in [3.05, 3.63) is 12.7 Å². The van der Waals surface area contributed by atoms with Crippen molar-refractivity contribution >= 4 is 5.71 Å². The molecule has 0 radical (unpaired) electrons. The standard InChI is InChI=1S/C8H15N2/c1-2-5-10-6-3-4-8(10)7-9/h2H,1,3-7,9H2/q+1. The average Bonchev–Trinajstić information content (AvgIpc) is 2.36. The highest BCUT2D eigenvalue weighted by atomic mass is 15.0. The molecule has 0 fully saturated rings. The summed E-state index contributed by atoms with van der Waals surface area (Å²) in [4.78, 5) is 0. The Hall–Kier alpha value is -0.630. The van der Waals surface area contributed by atoms with Crippen molar-refractivity contribution in [1.82, 2.24) is 0 Å². The fraction of sp³-hybridized carbons (Fsp3) is 0.625. The van der Waals surface area contributed by atoms with Gasteiger partial charge >= 0.3 is 0 Å². The Morgan fingerprint density at radius 3 is 3.10 bits per heavy atom. The van der Waals surface area contributed by atoms with Gasteiger partial charge in [-0.15, -0.1) is 0 Å². The smallest absolute Gasteiger partial charge is 0.166 e. The SMILES string of the molecule is C=CC[N+]1=C(CN)CCC1. The molecule has 0 atom stereocenters. The molecule has 1 aliphatic heterocycles. The normalized spacial score (nSPS) is 18.1. The largest absolute Gasteiger partial charge is 0.322 e. The van der Waals surface area contributed by atoms with Gasteiger partial charge in [-0.05, 0) is 6.08 Å². The lowest BCUT2D eigenvalue weighted by Gasteiger charge is -1.94. The van der Waals surface area contributed by atoms with E-state index in [0.29, 0.717) is 6.54 Å². The Labute approximate surface area is 62.0 Å². The topological polar surface area (TPSA) is 29.0 Å². The molecule has 0 aromatic rings. The van der Waals surface area contributed by atoms with Gasteiger partial charge in [0.05, 0.1) is 6.54 Å². The summed E-state index contributed by atoms with van der Waals surface area (Å²) >= 11 is 0. The van der Waals surface area contributed by atoms with Gasteiger partial charge in [0.15, 0.2) is 12.3 Å². The van der Waals surface area contributed by atoms with E-state index >= 15 is 0 Å². The fourth-order valence-corrected chi connectivity index (χ4v) is 1.40. The van der Waals surface area contributed by atoms with Crippen LogP contribution >= 0.6 is 0 Å². The van der Waals surface area contributed by atoms with E-state index in [-0.39, 0.29) is 0 Å². The molecule has 0 aromatic heterocycles. The first-order valence-electron chi connectivity index (χ1n) is 3.79. The molecule has 0 saturated carbocycles. The highest BCUT2D eigenvalue weighted by Crippen LogP contribution is 2.02. The van der Waals surface area contributed by atoms with Gasteiger partial charge in [0.1, 0.15) is 6.54 Å². The van der Waals surface area contributed by atoms with Crippen LogP contribution in [0.15, 0.2) is 12.7 Å². The van der Waals surface area contributed by atoms with E-state index in [1.165, 1.54) is 25.1 Å². The van der Waals surface area contributed by atoms with E-state index in [1.54, 1.807) is 0 Å². The molecule has 0 amide bonds. The van der Waals surface area contributed by atoms with Gasteiger partial charge in [0, 0.05) is 12.8 Å². The first-order chi connectivity index (χ1) is 4.88. The number of rotatable bonds is 3. The maximum absolute atomic E-state index is 5.54. The third-order valence-corrected chi connectivity index (χ3v) is 1.93. The molecule has 1 rings (SSSR count). The molecular formula is C8H15N2+. The second kappa shape index (κ2) is 3.52. The fourth-order valence-electron chi connectivity index (χ4n) is 1.40. The Bertz CT molecular complexity index is 159. The van der Waals surface area contributed by atoms with Crippen LogP contribution in [0.3, 0.4) is 0 Å². The lowest BCUT2D eigenvalue weighted by Crippen LogP contribution is -2.22. The maximum atomic E-state index is 5.54. The molecular weight excluding hydrogens is 124 g/mol. The van der Waals surface area contributed by atoms with Crippen molar-refractivity contribution in [1.29, 1.82) is 0 Å². The first-order valence-corrected chi connectivity index (χ1v) is 3.79. The van der Waals surface area contributed by atoms with E-state index in [2.05, 4.69) is 11.2 Å². The van der Waals surface area contributed by atoms with E-state index in [9.17, 15) is 0 Å². The molecule has 56 valence electrons. The van der Waals surface area contributed by atoms with Gasteiger partial charge < -0.3 is 5.73 Å². The second-order valence-corrected chi connectivity index (χ2v) is 2.61. The van der Waals surface area contributed by atoms with Crippen molar-refractivity contribution in [3.63, 3.8) is 0 Å². The zero-order valence-corrected chi connectivity index (χ0v) is 6.34. The minimum atomic E-state index is 0.716. The summed E-state index contributed by atoms with van der Waals surface area (Å²) in [6.45, 7) is 6.54. The second-order valence-electron chi connectivity index (χ2n) is 2.61. The highest BCUT2D eigenvalue weighted by molar-refractivity contribution is 5.82. The Morgan fingerprint density at radius 1 is 1.70 bits per heavy atom. The molecule has 0 unspecified atom stereocenters. The molecule has 0 bridgehead atoms. The van der Waals surface area contributed by atoms with Crippen LogP contribution in [0.4, 0.5) is 0 Å². The average molecular weight is 139 g/mol. The molecule has 1 aliphatic rings. The zero-order chi connectivity index (χ0) is 7.40. The molecule has 2 nitrogen and oxygen atoms in total. The Morgan fingerprint density at radius 2 is 2.50 bits per heavy atom. The van der Waals surface area contributed by atoms with Crippen LogP contribution in [0.25, 0.3) is 0 Å². The van der Waals surface area contributed by atoms with Gasteiger partial charge in [-0.1, -0.05) is 6.58 Å². The number of hydrogen-bond donors (Lipinski definition) is 1. The van der Waals surface area contributed by atoms with Crippen molar-refractivity contribution < 1.29 is 4.58 Å². The van der Waals surface area contributed by atoms with Gasteiger partial charge in [-0.2, -0.15) is 0 Å². The minimum Gasteiger partial charge on any atom is -0.322 e. The van der Waals surface area contributed by atoms with Crippen LogP contribution in [0.1, 0.15) is 12.8 Å². The van der Waals surface area contributed by atoms with Crippen molar-refractivity contribution in [2.75, 3.05) is 19.6 Å². The highest BCUT2D eigenvalue weighted by Gasteiger charge is 2.18. The summed E-state index contributed by atoms with van der Waals surface area (Å²) in [6.07, 6.45) is 4.38. The third-order valence-electron chi connectivity index (χ3n) is 1.93. The molecule has 2 N–H and O–H groups in total. The number of nitrogens with zero attached hydrogens (tertiary/aromatic N) is 1. The summed E-state index contributed by atoms with van der Waals surface area (Å²) in [5.41, 5.74) is 6.93. The first kappa shape index (κ1) is 7.48. The van der Waals surface area contributed by atoms with Gasteiger partial charge in [0.2, 0.25) is 0 Å². The van der Waals surface area contributed by atoms with Crippen LogP contribution in [0, 0.1) is 0 Å². The molecule has 10 heavy (non-hydrogen) atoms. The van der Waals surface area contributed by atoms with Crippen LogP contribution in [0.2, 0.25) is 0 Å². The summed E-state index contributed by atoms with van der Waals surface area (Å²) in [6, 6.07) is 0. The van der Waals surface area contributed by atoms with Gasteiger partial charge in [-0.25, -0.2) is 4.58 Å². The van der Waals surface area contributed by atoms with E-state index in [1.807, 2.05) is 6.08 Å². The quantitative estimate of drug-likeness (QED) is 0.444. The number of hydrogen-bond acceptors (Lipinski definition) is 1. The Kier molecular flexibility index (Phi) is 2.63. The Balaban J connectivity index is 2.58. The summed E-state index contributed by atoms with van der Waals surface area (Å²) in [5, 5.41) is 0. The summed E-state index contributed by atoms with van der Waals surface area (Å²) < 4.78 is 2.31. The summed E-state index contributed by atoms with van der Waals surface area (Å²) in [5.74, 6) is 0. The zero-order valence-electron chi connectivity index (χ0n) is 6.34. The van der Waals surface area contributed by atoms with Crippen LogP contribution < -0.4 is 5.73 Å². The monoisotopic (exact) mass is 139 g/mol. The van der Waals surface area contributed by atoms with Crippen LogP contribution in [-0.2, 0) is 0 Å². The van der Waals surface area contributed by atoms with Crippen LogP contribution in [-0.4, -0.2) is 29.9 Å². The lowest BCUT2D eigenvalue weighted by atomic mass is 10.2. The van der Waals surface area contributed by atoms with E-state index in [4.69, 9.17) is 5.73 Å². The van der Waals surface area contributed by atoms with Crippen molar-refractivity contribution in [3.8, 4) is 0 Å². The van der Waals surface area contributed by atoms with Gasteiger partial charge in [0.25, 0.3) is 0 Å².